The molecule has 1 aliphatic heterocycles. The topological polar surface area (TPSA) is 105 Å². The molecule has 1 unspecified atom stereocenters. The van der Waals surface area contributed by atoms with E-state index in [2.05, 4.69) is 15.3 Å². The Morgan fingerprint density at radius 1 is 1.26 bits per heavy atom. The molecule has 0 saturated carbocycles. The number of nitriles is 1. The zero-order chi connectivity index (χ0) is 19.6. The van der Waals surface area contributed by atoms with E-state index in [1.165, 1.54) is 10.0 Å². The Morgan fingerprint density at radius 3 is 2.44 bits per heavy atom. The van der Waals surface area contributed by atoms with Crippen LogP contribution >= 0.6 is 0 Å². The number of hydrogen-bond acceptors (Lipinski definition) is 6. The summed E-state index contributed by atoms with van der Waals surface area (Å²) in [4.78, 5) is 21.6. The third-order valence-corrected chi connectivity index (χ3v) is 4.11. The summed E-state index contributed by atoms with van der Waals surface area (Å²) in [6, 6.07) is 11.6. The van der Waals surface area contributed by atoms with E-state index in [0.29, 0.717) is 23.5 Å². The summed E-state index contributed by atoms with van der Waals surface area (Å²) in [7, 11) is 0. The van der Waals surface area contributed by atoms with Crippen LogP contribution in [0, 0.1) is 25.2 Å². The lowest BCUT2D eigenvalue weighted by Crippen LogP contribution is -2.49. The van der Waals surface area contributed by atoms with Gasteiger partial charge in [-0.25, -0.2) is 19.8 Å². The molecule has 2 amide bonds. The van der Waals surface area contributed by atoms with Gasteiger partial charge < -0.3 is 10.4 Å². The van der Waals surface area contributed by atoms with E-state index < -0.39 is 12.1 Å². The quantitative estimate of drug-likeness (QED) is 0.867. The van der Waals surface area contributed by atoms with Gasteiger partial charge in [-0.15, -0.1) is 0 Å². The Labute approximate surface area is 157 Å². The number of aliphatic hydroxyl groups is 1. The molecule has 27 heavy (non-hydrogen) atoms. The van der Waals surface area contributed by atoms with Crippen LogP contribution in [0.15, 0.2) is 47.9 Å². The number of aliphatic hydroxyl groups excluding tert-OH is 1. The fourth-order valence-corrected chi connectivity index (χ4v) is 3.06. The number of amides is 2. The van der Waals surface area contributed by atoms with Crippen molar-refractivity contribution in [1.82, 2.24) is 20.3 Å². The van der Waals surface area contributed by atoms with E-state index in [-0.39, 0.29) is 17.4 Å². The van der Waals surface area contributed by atoms with Gasteiger partial charge in [0, 0.05) is 17.9 Å². The van der Waals surface area contributed by atoms with Gasteiger partial charge in [-0.05, 0) is 32.4 Å². The number of carbonyl (C=O) groups excluding carboxylic acids is 1. The number of hydrazine groups is 1. The summed E-state index contributed by atoms with van der Waals surface area (Å²) in [6.07, 6.45) is 0. The molecule has 0 radical (unpaired) electrons. The third kappa shape index (κ3) is 3.27. The van der Waals surface area contributed by atoms with Crippen molar-refractivity contribution in [3.8, 4) is 6.07 Å². The van der Waals surface area contributed by atoms with E-state index >= 15 is 0 Å². The van der Waals surface area contributed by atoms with Gasteiger partial charge in [-0.3, -0.25) is 0 Å². The molecule has 1 aromatic carbocycles. The van der Waals surface area contributed by atoms with Gasteiger partial charge in [0.15, 0.2) is 0 Å². The lowest BCUT2D eigenvalue weighted by molar-refractivity contribution is 0.182. The number of carbonyl (C=O) groups is 1. The number of rotatable bonds is 3. The van der Waals surface area contributed by atoms with E-state index in [1.807, 2.05) is 24.3 Å². The molecule has 0 bridgehead atoms. The van der Waals surface area contributed by atoms with Gasteiger partial charge in [0.1, 0.15) is 17.7 Å². The zero-order valence-corrected chi connectivity index (χ0v) is 15.3. The molecule has 2 aromatic rings. The van der Waals surface area contributed by atoms with Crippen molar-refractivity contribution < 1.29 is 9.90 Å². The molecule has 2 heterocycles. The van der Waals surface area contributed by atoms with Crippen molar-refractivity contribution >= 4 is 12.0 Å². The van der Waals surface area contributed by atoms with Crippen LogP contribution in [-0.2, 0) is 0 Å². The molecule has 138 valence electrons. The molecule has 8 nitrogen and oxygen atoms in total. The second kappa shape index (κ2) is 7.33. The number of hydrogen-bond donors (Lipinski definition) is 2. The third-order valence-electron chi connectivity index (χ3n) is 4.11. The van der Waals surface area contributed by atoms with Crippen LogP contribution in [0.4, 0.5) is 10.7 Å². The van der Waals surface area contributed by atoms with Crippen molar-refractivity contribution in [2.75, 3.05) is 11.6 Å². The van der Waals surface area contributed by atoms with Crippen molar-refractivity contribution in [3.05, 3.63) is 64.8 Å². The molecule has 2 N–H and O–H groups in total. The first-order valence-electron chi connectivity index (χ1n) is 8.55. The molecule has 0 fully saturated rings. The standard InChI is InChI=1S/C19H20N6O2/c1-4-21-19(27)24-16(14-8-6-5-7-9-14)15(11-20)17(26)25(24)18-22-12(2)10-13(3)23-18/h5-10,16,26H,4H2,1-3H3,(H,21,27). The largest absolute Gasteiger partial charge is 0.492 e. The Morgan fingerprint density at radius 2 is 1.89 bits per heavy atom. The summed E-state index contributed by atoms with van der Waals surface area (Å²) in [5.41, 5.74) is 2.11. The first kappa shape index (κ1) is 18.2. The first-order chi connectivity index (χ1) is 13.0. The first-order valence-corrected chi connectivity index (χ1v) is 8.55. The predicted octanol–water partition coefficient (Wildman–Crippen LogP) is 2.89. The van der Waals surface area contributed by atoms with Crippen LogP contribution in [0.3, 0.4) is 0 Å². The summed E-state index contributed by atoms with van der Waals surface area (Å²) in [5.74, 6) is -0.231. The number of benzene rings is 1. The zero-order valence-electron chi connectivity index (χ0n) is 15.3. The average molecular weight is 364 g/mol. The highest BCUT2D eigenvalue weighted by Gasteiger charge is 2.45. The lowest BCUT2D eigenvalue weighted by Gasteiger charge is -2.32. The van der Waals surface area contributed by atoms with Gasteiger partial charge in [-0.1, -0.05) is 30.3 Å². The summed E-state index contributed by atoms with van der Waals surface area (Å²) >= 11 is 0. The van der Waals surface area contributed by atoms with Crippen LogP contribution in [0.1, 0.15) is 29.9 Å². The van der Waals surface area contributed by atoms with Gasteiger partial charge in [0.2, 0.25) is 5.88 Å². The highest BCUT2D eigenvalue weighted by Crippen LogP contribution is 2.40. The van der Waals surface area contributed by atoms with E-state index in [0.717, 1.165) is 0 Å². The molecule has 0 aliphatic carbocycles. The molecule has 3 rings (SSSR count). The minimum absolute atomic E-state index is 0.0511. The molecule has 0 saturated heterocycles. The van der Waals surface area contributed by atoms with Crippen molar-refractivity contribution in [2.24, 2.45) is 0 Å². The number of nitrogens with zero attached hydrogens (tertiary/aromatic N) is 5. The molecule has 1 atom stereocenters. The minimum atomic E-state index is -0.785. The average Bonchev–Trinajstić information content (AvgIpc) is 2.94. The second-order valence-corrected chi connectivity index (χ2v) is 6.10. The van der Waals surface area contributed by atoms with Crippen LogP contribution in [0.2, 0.25) is 0 Å². The van der Waals surface area contributed by atoms with Gasteiger partial charge in [0.25, 0.3) is 5.95 Å². The smallest absolute Gasteiger partial charge is 0.337 e. The number of aromatic nitrogens is 2. The Bertz CT molecular complexity index is 915. The molecule has 1 aromatic heterocycles. The van der Waals surface area contributed by atoms with E-state index in [9.17, 15) is 15.2 Å². The normalized spacial score (nSPS) is 16.4. The molecule has 8 heteroatoms. The minimum Gasteiger partial charge on any atom is -0.492 e. The van der Waals surface area contributed by atoms with Crippen molar-refractivity contribution in [3.63, 3.8) is 0 Å². The fourth-order valence-electron chi connectivity index (χ4n) is 3.06. The highest BCUT2D eigenvalue weighted by molar-refractivity contribution is 5.79. The van der Waals surface area contributed by atoms with E-state index in [4.69, 9.17) is 0 Å². The van der Waals surface area contributed by atoms with Crippen LogP contribution < -0.4 is 10.3 Å². The maximum Gasteiger partial charge on any atom is 0.337 e. The number of nitrogens with one attached hydrogen (secondary N) is 1. The lowest BCUT2D eigenvalue weighted by atomic mass is 10.0. The Balaban J connectivity index is 2.20. The molecule has 0 spiro atoms. The van der Waals surface area contributed by atoms with Crippen LogP contribution in [-0.4, -0.2) is 32.7 Å². The summed E-state index contributed by atoms with van der Waals surface area (Å²) in [6.45, 7) is 5.78. The SMILES string of the molecule is CCNC(=O)N1C(c2ccccc2)C(C#N)=C(O)N1c1nc(C)cc(C)n1. The maximum atomic E-state index is 12.9. The van der Waals surface area contributed by atoms with Crippen LogP contribution in [0.25, 0.3) is 0 Å². The Kier molecular flexibility index (Phi) is 4.94. The fraction of sp³-hybridized carbons (Fsp3) is 0.263. The summed E-state index contributed by atoms with van der Waals surface area (Å²) < 4.78 is 0. The second-order valence-electron chi connectivity index (χ2n) is 6.10. The number of anilines is 1. The van der Waals surface area contributed by atoms with Gasteiger partial charge in [0.05, 0.1) is 0 Å². The summed E-state index contributed by atoms with van der Waals surface area (Å²) in [5, 5.41) is 25.7. The van der Waals surface area contributed by atoms with Gasteiger partial charge in [-0.2, -0.15) is 10.3 Å². The van der Waals surface area contributed by atoms with Crippen LogP contribution in [0.5, 0.6) is 0 Å². The highest BCUT2D eigenvalue weighted by atomic mass is 16.3. The molecule has 1 aliphatic rings. The van der Waals surface area contributed by atoms with Crippen molar-refractivity contribution in [1.29, 1.82) is 5.26 Å². The van der Waals surface area contributed by atoms with E-state index in [1.54, 1.807) is 39.0 Å². The monoisotopic (exact) mass is 364 g/mol. The van der Waals surface area contributed by atoms with Crippen molar-refractivity contribution in [2.45, 2.75) is 26.8 Å². The predicted molar refractivity (Wildman–Crippen MR) is 99.3 cm³/mol. The molecular formula is C19H20N6O2. The van der Waals surface area contributed by atoms with Gasteiger partial charge >= 0.3 is 6.03 Å². The number of aryl methyl sites for hydroxylation is 2. The number of urea groups is 1. The molecular weight excluding hydrogens is 344 g/mol. The maximum absolute atomic E-state index is 12.9. The Hall–Kier alpha value is -3.60.